The highest BCUT2D eigenvalue weighted by atomic mass is 35.5. The second-order valence-electron chi connectivity index (χ2n) is 7.11. The number of benzene rings is 1. The van der Waals surface area contributed by atoms with Crippen LogP contribution in [0.25, 0.3) is 0 Å². The van der Waals surface area contributed by atoms with Crippen LogP contribution in [0.2, 0.25) is 5.02 Å². The highest BCUT2D eigenvalue weighted by Crippen LogP contribution is 2.19. The Balaban J connectivity index is 1.76. The number of rotatable bonds is 10. The Hall–Kier alpha value is -1.63. The molecule has 2 N–H and O–H groups in total. The van der Waals surface area contributed by atoms with Gasteiger partial charge in [-0.15, -0.1) is 0 Å². The van der Waals surface area contributed by atoms with Crippen molar-refractivity contribution in [2.75, 3.05) is 39.4 Å². The van der Waals surface area contributed by atoms with Crippen molar-refractivity contribution in [3.05, 3.63) is 34.9 Å². The molecule has 0 spiro atoms. The van der Waals surface area contributed by atoms with Crippen LogP contribution in [0.3, 0.4) is 0 Å². The summed E-state index contributed by atoms with van der Waals surface area (Å²) in [5.74, 6) is 0.302. The maximum absolute atomic E-state index is 12.3. The molecule has 1 aliphatic heterocycles. The molecule has 1 aromatic carbocycles. The predicted molar refractivity (Wildman–Crippen MR) is 112 cm³/mol. The molecule has 0 aliphatic carbocycles. The van der Waals surface area contributed by atoms with Crippen LogP contribution in [-0.2, 0) is 9.53 Å². The summed E-state index contributed by atoms with van der Waals surface area (Å²) >= 11 is 5.83. The van der Waals surface area contributed by atoms with E-state index in [9.17, 15) is 9.59 Å². The molecule has 1 aliphatic rings. The largest absolute Gasteiger partial charge is 0.379 e. The average Bonchev–Trinajstić information content (AvgIpc) is 2.72. The molecule has 1 aromatic rings. The van der Waals surface area contributed by atoms with Gasteiger partial charge in [0.25, 0.3) is 5.91 Å². The van der Waals surface area contributed by atoms with Crippen LogP contribution in [0.4, 0.5) is 0 Å². The lowest BCUT2D eigenvalue weighted by atomic mass is 9.92. The predicted octanol–water partition coefficient (Wildman–Crippen LogP) is 2.71. The Morgan fingerprint density at radius 1 is 1.11 bits per heavy atom. The van der Waals surface area contributed by atoms with E-state index in [-0.39, 0.29) is 18.2 Å². The van der Waals surface area contributed by atoms with Gasteiger partial charge in [0.05, 0.1) is 13.2 Å². The van der Waals surface area contributed by atoms with E-state index in [0.29, 0.717) is 35.6 Å². The molecular weight excluding hydrogens is 378 g/mol. The van der Waals surface area contributed by atoms with E-state index in [1.54, 1.807) is 24.3 Å². The quantitative estimate of drug-likeness (QED) is 0.623. The van der Waals surface area contributed by atoms with Crippen molar-refractivity contribution in [2.45, 2.75) is 39.2 Å². The molecule has 28 heavy (non-hydrogen) atoms. The maximum atomic E-state index is 12.3. The SMILES string of the molecule is CCC(CC)C(CNC(=O)CCNC(=O)c1ccc(Cl)cc1)N1CCOCC1. The average molecular weight is 410 g/mol. The number of nitrogens with zero attached hydrogens (tertiary/aromatic N) is 1. The van der Waals surface area contributed by atoms with Crippen LogP contribution in [0.15, 0.2) is 24.3 Å². The first kappa shape index (κ1) is 22.7. The van der Waals surface area contributed by atoms with Crippen molar-refractivity contribution in [3.8, 4) is 0 Å². The zero-order valence-corrected chi connectivity index (χ0v) is 17.6. The molecule has 156 valence electrons. The van der Waals surface area contributed by atoms with E-state index in [1.165, 1.54) is 0 Å². The summed E-state index contributed by atoms with van der Waals surface area (Å²) in [6, 6.07) is 7.01. The standard InChI is InChI=1S/C21H32ClN3O3/c1-3-16(4-2)19(25-11-13-28-14-12-25)15-24-20(26)9-10-23-21(27)17-5-7-18(22)8-6-17/h5-8,16,19H,3-4,9-15H2,1-2H3,(H,23,27)(H,24,26). The number of carbonyl (C=O) groups is 2. The van der Waals surface area contributed by atoms with E-state index >= 15 is 0 Å². The summed E-state index contributed by atoms with van der Waals surface area (Å²) in [7, 11) is 0. The first-order valence-corrected chi connectivity index (χ1v) is 10.5. The van der Waals surface area contributed by atoms with Gasteiger partial charge in [-0.3, -0.25) is 14.5 Å². The smallest absolute Gasteiger partial charge is 0.251 e. The number of morpholine rings is 1. The van der Waals surface area contributed by atoms with Gasteiger partial charge in [0.1, 0.15) is 0 Å². The Kier molecular flexibility index (Phi) is 9.75. The normalized spacial score (nSPS) is 16.0. The zero-order chi connectivity index (χ0) is 20.4. The molecule has 6 nitrogen and oxygen atoms in total. The van der Waals surface area contributed by atoms with E-state index in [2.05, 4.69) is 29.4 Å². The summed E-state index contributed by atoms with van der Waals surface area (Å²) < 4.78 is 5.46. The number of ether oxygens (including phenoxy) is 1. The number of amides is 2. The van der Waals surface area contributed by atoms with Gasteiger partial charge in [0.2, 0.25) is 5.91 Å². The molecule has 0 saturated carbocycles. The lowest BCUT2D eigenvalue weighted by molar-refractivity contribution is -0.121. The number of nitrogens with one attached hydrogen (secondary N) is 2. The topological polar surface area (TPSA) is 70.7 Å². The fourth-order valence-corrected chi connectivity index (χ4v) is 3.76. The molecule has 7 heteroatoms. The fraction of sp³-hybridized carbons (Fsp3) is 0.619. The van der Waals surface area contributed by atoms with Crippen LogP contribution in [0.5, 0.6) is 0 Å². The number of carbonyl (C=O) groups excluding carboxylic acids is 2. The minimum Gasteiger partial charge on any atom is -0.379 e. The minimum atomic E-state index is -0.201. The van der Waals surface area contributed by atoms with Gasteiger partial charge >= 0.3 is 0 Å². The van der Waals surface area contributed by atoms with Crippen molar-refractivity contribution in [3.63, 3.8) is 0 Å². The van der Waals surface area contributed by atoms with Gasteiger partial charge in [-0.2, -0.15) is 0 Å². The number of hydrogen-bond acceptors (Lipinski definition) is 4. The highest BCUT2D eigenvalue weighted by Gasteiger charge is 2.27. The molecule has 2 amide bonds. The lowest BCUT2D eigenvalue weighted by Gasteiger charge is -2.38. The van der Waals surface area contributed by atoms with Crippen LogP contribution in [-0.4, -0.2) is 62.1 Å². The second kappa shape index (κ2) is 12.0. The summed E-state index contributed by atoms with van der Waals surface area (Å²) in [4.78, 5) is 26.8. The van der Waals surface area contributed by atoms with Crippen LogP contribution < -0.4 is 10.6 Å². The third-order valence-electron chi connectivity index (χ3n) is 5.36. The van der Waals surface area contributed by atoms with E-state index in [0.717, 1.165) is 39.1 Å². The van der Waals surface area contributed by atoms with Gasteiger partial charge in [-0.25, -0.2) is 0 Å². The molecule has 1 atom stereocenters. The molecule has 1 saturated heterocycles. The third-order valence-corrected chi connectivity index (χ3v) is 5.61. The number of hydrogen-bond donors (Lipinski definition) is 2. The molecule has 2 rings (SSSR count). The summed E-state index contributed by atoms with van der Waals surface area (Å²) in [5, 5.41) is 6.42. The van der Waals surface area contributed by atoms with Crippen molar-refractivity contribution in [1.29, 1.82) is 0 Å². The summed E-state index contributed by atoms with van der Waals surface area (Å²) in [6.45, 7) is 8.67. The van der Waals surface area contributed by atoms with Gasteiger partial charge in [0, 0.05) is 49.2 Å². The molecule has 1 unspecified atom stereocenters. The lowest BCUT2D eigenvalue weighted by Crippen LogP contribution is -2.52. The van der Waals surface area contributed by atoms with Gasteiger partial charge < -0.3 is 15.4 Å². The number of halogens is 1. The Morgan fingerprint density at radius 3 is 2.36 bits per heavy atom. The van der Waals surface area contributed by atoms with Crippen molar-refractivity contribution < 1.29 is 14.3 Å². The van der Waals surface area contributed by atoms with Crippen LogP contribution >= 0.6 is 11.6 Å². The van der Waals surface area contributed by atoms with Gasteiger partial charge in [-0.05, 0) is 30.2 Å². The van der Waals surface area contributed by atoms with E-state index < -0.39 is 0 Å². The second-order valence-corrected chi connectivity index (χ2v) is 7.55. The van der Waals surface area contributed by atoms with Crippen molar-refractivity contribution >= 4 is 23.4 Å². The molecule has 0 radical (unpaired) electrons. The molecule has 1 heterocycles. The Bertz CT molecular complexity index is 614. The highest BCUT2D eigenvalue weighted by molar-refractivity contribution is 6.30. The summed E-state index contributed by atoms with van der Waals surface area (Å²) in [6.07, 6.45) is 2.44. The molecular formula is C21H32ClN3O3. The first-order valence-electron chi connectivity index (χ1n) is 10.2. The molecule has 0 bridgehead atoms. The Labute approximate surface area is 172 Å². The van der Waals surface area contributed by atoms with E-state index in [1.807, 2.05) is 0 Å². The molecule has 1 fully saturated rings. The third kappa shape index (κ3) is 7.08. The monoisotopic (exact) mass is 409 g/mol. The Morgan fingerprint density at radius 2 is 1.75 bits per heavy atom. The fourth-order valence-electron chi connectivity index (χ4n) is 3.64. The van der Waals surface area contributed by atoms with E-state index in [4.69, 9.17) is 16.3 Å². The summed E-state index contributed by atoms with van der Waals surface area (Å²) in [5.41, 5.74) is 0.533. The van der Waals surface area contributed by atoms with Crippen LogP contribution in [0.1, 0.15) is 43.5 Å². The maximum Gasteiger partial charge on any atom is 0.251 e. The molecule has 0 aromatic heterocycles. The first-order chi connectivity index (χ1) is 13.5. The van der Waals surface area contributed by atoms with Crippen molar-refractivity contribution in [1.82, 2.24) is 15.5 Å². The van der Waals surface area contributed by atoms with Gasteiger partial charge in [0.15, 0.2) is 0 Å². The van der Waals surface area contributed by atoms with Gasteiger partial charge in [-0.1, -0.05) is 38.3 Å². The minimum absolute atomic E-state index is 0.0411. The zero-order valence-electron chi connectivity index (χ0n) is 16.9. The van der Waals surface area contributed by atoms with Crippen LogP contribution in [0, 0.1) is 5.92 Å². The van der Waals surface area contributed by atoms with Crippen molar-refractivity contribution in [2.24, 2.45) is 5.92 Å².